The van der Waals surface area contributed by atoms with Gasteiger partial charge in [0.2, 0.25) is 0 Å². The number of nitro groups is 1. The van der Waals surface area contributed by atoms with Gasteiger partial charge in [-0.3, -0.25) is 19.7 Å². The number of amides is 2. The predicted octanol–water partition coefficient (Wildman–Crippen LogP) is 2.24. The molecule has 8 nitrogen and oxygen atoms in total. The first kappa shape index (κ1) is 18.3. The molecule has 0 heterocycles. The van der Waals surface area contributed by atoms with Gasteiger partial charge in [-0.05, 0) is 18.2 Å². The minimum Gasteiger partial charge on any atom is -0.343 e. The highest BCUT2D eigenvalue weighted by molar-refractivity contribution is 9.10. The van der Waals surface area contributed by atoms with Gasteiger partial charge in [-0.1, -0.05) is 34.1 Å². The van der Waals surface area contributed by atoms with Crippen LogP contribution in [-0.4, -0.2) is 29.5 Å². The smallest absolute Gasteiger partial charge is 0.270 e. The molecule has 2 aromatic rings. The van der Waals surface area contributed by atoms with Crippen LogP contribution in [0.3, 0.4) is 0 Å². The third-order valence-corrected chi connectivity index (χ3v) is 3.47. The zero-order valence-electron chi connectivity index (χ0n) is 12.8. The van der Waals surface area contributed by atoms with Gasteiger partial charge in [0.05, 0.1) is 17.7 Å². The van der Waals surface area contributed by atoms with E-state index in [1.165, 1.54) is 24.4 Å². The lowest BCUT2D eigenvalue weighted by molar-refractivity contribution is -0.384. The second-order valence-corrected chi connectivity index (χ2v) is 5.75. The fraction of sp³-hybridized carbons (Fsp3) is 0.0625. The summed E-state index contributed by atoms with van der Waals surface area (Å²) in [4.78, 5) is 33.7. The van der Waals surface area contributed by atoms with Crippen molar-refractivity contribution < 1.29 is 14.5 Å². The zero-order chi connectivity index (χ0) is 18.2. The summed E-state index contributed by atoms with van der Waals surface area (Å²) in [5.74, 6) is -0.913. The molecule has 0 aliphatic carbocycles. The van der Waals surface area contributed by atoms with Crippen LogP contribution in [0.4, 0.5) is 5.69 Å². The van der Waals surface area contributed by atoms with Crippen LogP contribution >= 0.6 is 15.9 Å². The highest BCUT2D eigenvalue weighted by Crippen LogP contribution is 2.12. The van der Waals surface area contributed by atoms with E-state index in [1.54, 1.807) is 30.3 Å². The normalized spacial score (nSPS) is 10.4. The van der Waals surface area contributed by atoms with Crippen molar-refractivity contribution in [1.82, 2.24) is 10.7 Å². The Kier molecular flexibility index (Phi) is 6.35. The average molecular weight is 405 g/mol. The quantitative estimate of drug-likeness (QED) is 0.436. The molecule has 0 aromatic heterocycles. The fourth-order valence-electron chi connectivity index (χ4n) is 1.83. The SMILES string of the molecule is O=C(CNC(=O)c1cccc(Br)c1)N/N=C\c1cccc([N+](=O)[O-])c1. The van der Waals surface area contributed by atoms with E-state index in [0.29, 0.717) is 11.1 Å². The first-order valence-electron chi connectivity index (χ1n) is 7.06. The lowest BCUT2D eigenvalue weighted by atomic mass is 10.2. The van der Waals surface area contributed by atoms with Gasteiger partial charge < -0.3 is 5.32 Å². The molecule has 9 heteroatoms. The number of rotatable bonds is 6. The molecule has 0 atom stereocenters. The Balaban J connectivity index is 1.83. The van der Waals surface area contributed by atoms with E-state index in [1.807, 2.05) is 0 Å². The summed E-state index contributed by atoms with van der Waals surface area (Å²) >= 11 is 3.26. The van der Waals surface area contributed by atoms with Crippen LogP contribution in [0.25, 0.3) is 0 Å². The molecule has 0 bridgehead atoms. The average Bonchev–Trinajstić information content (AvgIpc) is 2.60. The van der Waals surface area contributed by atoms with Crippen LogP contribution < -0.4 is 10.7 Å². The topological polar surface area (TPSA) is 114 Å². The number of benzene rings is 2. The van der Waals surface area contributed by atoms with Crippen molar-refractivity contribution in [3.63, 3.8) is 0 Å². The van der Waals surface area contributed by atoms with Gasteiger partial charge in [0.25, 0.3) is 17.5 Å². The number of halogens is 1. The molecule has 0 radical (unpaired) electrons. The van der Waals surface area contributed by atoms with Gasteiger partial charge in [0.1, 0.15) is 0 Å². The van der Waals surface area contributed by atoms with Crippen molar-refractivity contribution in [3.05, 3.63) is 74.2 Å². The minimum atomic E-state index is -0.523. The molecule has 0 saturated heterocycles. The molecule has 2 aromatic carbocycles. The van der Waals surface area contributed by atoms with Crippen molar-refractivity contribution in [2.75, 3.05) is 6.54 Å². The maximum atomic E-state index is 11.9. The minimum absolute atomic E-state index is 0.0726. The number of carbonyl (C=O) groups is 2. The molecule has 2 N–H and O–H groups in total. The monoisotopic (exact) mass is 404 g/mol. The first-order valence-corrected chi connectivity index (χ1v) is 7.85. The van der Waals surface area contributed by atoms with E-state index in [4.69, 9.17) is 0 Å². The number of nitrogens with one attached hydrogen (secondary N) is 2. The van der Waals surface area contributed by atoms with Crippen molar-refractivity contribution in [2.45, 2.75) is 0 Å². The maximum absolute atomic E-state index is 11.9. The van der Waals surface area contributed by atoms with Gasteiger partial charge in [0.15, 0.2) is 0 Å². The third kappa shape index (κ3) is 5.81. The van der Waals surface area contributed by atoms with E-state index >= 15 is 0 Å². The maximum Gasteiger partial charge on any atom is 0.270 e. The standard InChI is InChI=1S/C16H13BrN4O4/c17-13-5-2-4-12(8-13)16(23)18-10-15(22)20-19-9-11-3-1-6-14(7-11)21(24)25/h1-9H,10H2,(H,18,23)(H,20,22)/b19-9-. The Morgan fingerprint density at radius 2 is 1.96 bits per heavy atom. The van der Waals surface area contributed by atoms with Gasteiger partial charge in [-0.2, -0.15) is 5.10 Å². The number of nitro benzene ring substituents is 1. The molecule has 0 aliphatic heterocycles. The van der Waals surface area contributed by atoms with Crippen LogP contribution in [0.5, 0.6) is 0 Å². The molecule has 2 amide bonds. The summed E-state index contributed by atoms with van der Waals surface area (Å²) in [6.45, 7) is -0.252. The Hall–Kier alpha value is -3.07. The molecular weight excluding hydrogens is 392 g/mol. The highest BCUT2D eigenvalue weighted by atomic mass is 79.9. The molecule has 25 heavy (non-hydrogen) atoms. The van der Waals surface area contributed by atoms with Crippen LogP contribution in [0.15, 0.2) is 58.1 Å². The molecule has 0 unspecified atom stereocenters. The van der Waals surface area contributed by atoms with Crippen LogP contribution in [0, 0.1) is 10.1 Å². The van der Waals surface area contributed by atoms with E-state index in [0.717, 1.165) is 4.47 Å². The molecule has 0 spiro atoms. The van der Waals surface area contributed by atoms with Crippen LogP contribution in [0.1, 0.15) is 15.9 Å². The molecular formula is C16H13BrN4O4. The van der Waals surface area contributed by atoms with Crippen molar-refractivity contribution in [1.29, 1.82) is 0 Å². The summed E-state index contributed by atoms with van der Waals surface area (Å²) in [6.07, 6.45) is 1.28. The number of non-ortho nitro benzene ring substituents is 1. The number of hydrazone groups is 1. The summed E-state index contributed by atoms with van der Waals surface area (Å²) in [5, 5.41) is 16.8. The lowest BCUT2D eigenvalue weighted by Gasteiger charge is -2.04. The zero-order valence-corrected chi connectivity index (χ0v) is 14.4. The summed E-state index contributed by atoms with van der Waals surface area (Å²) in [5.41, 5.74) is 3.05. The molecule has 0 saturated carbocycles. The Bertz CT molecular complexity index is 838. The summed E-state index contributed by atoms with van der Waals surface area (Å²) in [7, 11) is 0. The van der Waals surface area contributed by atoms with Crippen LogP contribution in [-0.2, 0) is 4.79 Å². The van der Waals surface area contributed by atoms with Gasteiger partial charge in [0, 0.05) is 27.7 Å². The van der Waals surface area contributed by atoms with Gasteiger partial charge in [-0.15, -0.1) is 0 Å². The van der Waals surface area contributed by atoms with E-state index < -0.39 is 10.8 Å². The second-order valence-electron chi connectivity index (χ2n) is 4.84. The van der Waals surface area contributed by atoms with Gasteiger partial charge in [-0.25, -0.2) is 5.43 Å². The number of nitrogens with zero attached hydrogens (tertiary/aromatic N) is 2. The van der Waals surface area contributed by atoms with Gasteiger partial charge >= 0.3 is 0 Å². The highest BCUT2D eigenvalue weighted by Gasteiger charge is 2.08. The predicted molar refractivity (Wildman–Crippen MR) is 95.3 cm³/mol. The Morgan fingerprint density at radius 3 is 2.68 bits per heavy atom. The van der Waals surface area contributed by atoms with E-state index in [2.05, 4.69) is 31.8 Å². The lowest BCUT2D eigenvalue weighted by Crippen LogP contribution is -2.34. The summed E-state index contributed by atoms with van der Waals surface area (Å²) < 4.78 is 0.756. The number of hydrogen-bond donors (Lipinski definition) is 2. The summed E-state index contributed by atoms with van der Waals surface area (Å²) in [6, 6.07) is 12.6. The van der Waals surface area contributed by atoms with E-state index in [9.17, 15) is 19.7 Å². The van der Waals surface area contributed by atoms with Crippen LogP contribution in [0.2, 0.25) is 0 Å². The van der Waals surface area contributed by atoms with Crippen molar-refractivity contribution in [3.8, 4) is 0 Å². The first-order chi connectivity index (χ1) is 12.0. The Morgan fingerprint density at radius 1 is 1.20 bits per heavy atom. The molecule has 2 rings (SSSR count). The number of carbonyl (C=O) groups excluding carboxylic acids is 2. The molecule has 0 aliphatic rings. The van der Waals surface area contributed by atoms with E-state index in [-0.39, 0.29) is 18.1 Å². The van der Waals surface area contributed by atoms with Crippen molar-refractivity contribution in [2.24, 2.45) is 5.10 Å². The van der Waals surface area contributed by atoms with Crippen molar-refractivity contribution >= 4 is 39.6 Å². The number of hydrogen-bond acceptors (Lipinski definition) is 5. The largest absolute Gasteiger partial charge is 0.343 e. The third-order valence-electron chi connectivity index (χ3n) is 2.98. The second kappa shape index (κ2) is 8.69. The fourth-order valence-corrected chi connectivity index (χ4v) is 2.23. The molecule has 0 fully saturated rings. The Labute approximate surface area is 151 Å². The molecule has 128 valence electrons.